The van der Waals surface area contributed by atoms with Gasteiger partial charge in [0.05, 0.1) is 12.3 Å². The molecule has 1 aromatic heterocycles. The van der Waals surface area contributed by atoms with Crippen LogP contribution in [-0.4, -0.2) is 44.3 Å². The van der Waals surface area contributed by atoms with Gasteiger partial charge in [-0.05, 0) is 47.5 Å². The minimum absolute atomic E-state index is 0.108. The Morgan fingerprint density at radius 2 is 2.05 bits per heavy atom. The molecular formula is C12H13N5O2. The number of nitrogens with zero attached hydrogens (tertiary/aromatic N) is 5. The van der Waals surface area contributed by atoms with E-state index in [1.807, 2.05) is 0 Å². The largest absolute Gasteiger partial charge is 0.277 e. The Balaban J connectivity index is 1.76. The summed E-state index contributed by atoms with van der Waals surface area (Å²) in [5.74, 6) is -0.108. The maximum atomic E-state index is 12.2. The van der Waals surface area contributed by atoms with Gasteiger partial charge in [0.2, 0.25) is 0 Å². The summed E-state index contributed by atoms with van der Waals surface area (Å²) in [6.07, 6.45) is 3.49. The average molecular weight is 259 g/mol. The minimum Gasteiger partial charge on any atom is -0.271 e. The predicted octanol–water partition coefficient (Wildman–Crippen LogP) is 0.830. The molecule has 98 valence electrons. The van der Waals surface area contributed by atoms with E-state index in [1.165, 1.54) is 16.1 Å². The van der Waals surface area contributed by atoms with Crippen molar-refractivity contribution in [1.82, 2.24) is 25.3 Å². The number of hydrogen-bond acceptors (Lipinski definition) is 5. The Morgan fingerprint density at radius 1 is 1.21 bits per heavy atom. The van der Waals surface area contributed by atoms with E-state index in [4.69, 9.17) is 4.84 Å². The van der Waals surface area contributed by atoms with Crippen molar-refractivity contribution in [3.8, 4) is 5.69 Å². The lowest BCUT2D eigenvalue weighted by atomic mass is 10.2. The summed E-state index contributed by atoms with van der Waals surface area (Å²) in [6.45, 7) is 1.25. The van der Waals surface area contributed by atoms with Crippen LogP contribution in [0.15, 0.2) is 30.6 Å². The third-order valence-corrected chi connectivity index (χ3v) is 2.96. The van der Waals surface area contributed by atoms with Crippen molar-refractivity contribution in [2.45, 2.75) is 12.8 Å². The fourth-order valence-corrected chi connectivity index (χ4v) is 1.94. The van der Waals surface area contributed by atoms with Crippen molar-refractivity contribution >= 4 is 5.91 Å². The Hall–Kier alpha value is -2.28. The fraction of sp³-hybridized carbons (Fsp3) is 0.333. The van der Waals surface area contributed by atoms with Gasteiger partial charge in [-0.1, -0.05) is 0 Å². The van der Waals surface area contributed by atoms with Crippen LogP contribution < -0.4 is 0 Å². The molecule has 19 heavy (non-hydrogen) atoms. The average Bonchev–Trinajstić information content (AvgIpc) is 3.02. The molecule has 1 fully saturated rings. The molecule has 1 saturated heterocycles. The third kappa shape index (κ3) is 2.45. The number of rotatable bonds is 2. The second-order valence-electron chi connectivity index (χ2n) is 4.25. The molecule has 1 aliphatic heterocycles. The normalized spacial score (nSPS) is 15.5. The highest BCUT2D eigenvalue weighted by atomic mass is 16.7. The number of amides is 1. The Kier molecular flexibility index (Phi) is 3.20. The van der Waals surface area contributed by atoms with Crippen molar-refractivity contribution in [2.24, 2.45) is 0 Å². The van der Waals surface area contributed by atoms with E-state index in [2.05, 4.69) is 15.5 Å². The number of hydroxylamine groups is 2. The Morgan fingerprint density at radius 3 is 2.68 bits per heavy atom. The number of hydrogen-bond donors (Lipinski definition) is 0. The molecule has 7 heteroatoms. The van der Waals surface area contributed by atoms with Crippen LogP contribution in [-0.2, 0) is 4.84 Å². The second kappa shape index (κ2) is 5.15. The summed E-state index contributed by atoms with van der Waals surface area (Å²) in [6, 6.07) is 7.09. The highest BCUT2D eigenvalue weighted by Gasteiger charge is 2.19. The van der Waals surface area contributed by atoms with Gasteiger partial charge in [-0.15, -0.1) is 5.10 Å². The molecule has 0 saturated carbocycles. The summed E-state index contributed by atoms with van der Waals surface area (Å²) in [5.41, 5.74) is 1.40. The van der Waals surface area contributed by atoms with Crippen LogP contribution >= 0.6 is 0 Å². The quantitative estimate of drug-likeness (QED) is 0.798. The number of aromatic nitrogens is 4. The Bertz CT molecular complexity index is 546. The monoisotopic (exact) mass is 259 g/mol. The summed E-state index contributed by atoms with van der Waals surface area (Å²) in [5, 5.41) is 12.3. The maximum Gasteiger partial charge on any atom is 0.277 e. The molecule has 1 aliphatic rings. The molecule has 1 amide bonds. The first-order valence-corrected chi connectivity index (χ1v) is 6.13. The molecule has 2 aromatic rings. The van der Waals surface area contributed by atoms with Crippen molar-refractivity contribution in [3.63, 3.8) is 0 Å². The molecule has 0 aliphatic carbocycles. The number of tetrazole rings is 1. The van der Waals surface area contributed by atoms with E-state index in [-0.39, 0.29) is 5.91 Å². The van der Waals surface area contributed by atoms with Gasteiger partial charge in [0.1, 0.15) is 6.33 Å². The smallest absolute Gasteiger partial charge is 0.271 e. The zero-order valence-corrected chi connectivity index (χ0v) is 10.3. The van der Waals surface area contributed by atoms with Gasteiger partial charge >= 0.3 is 0 Å². The molecule has 0 unspecified atom stereocenters. The van der Waals surface area contributed by atoms with Crippen molar-refractivity contribution in [3.05, 3.63) is 36.2 Å². The number of carbonyl (C=O) groups excluding carboxylic acids is 1. The van der Waals surface area contributed by atoms with Crippen LogP contribution in [0.25, 0.3) is 5.69 Å². The summed E-state index contributed by atoms with van der Waals surface area (Å²) >= 11 is 0. The molecule has 2 heterocycles. The fourth-order valence-electron chi connectivity index (χ4n) is 1.94. The first-order chi connectivity index (χ1) is 9.34. The van der Waals surface area contributed by atoms with Crippen LogP contribution in [0.5, 0.6) is 0 Å². The van der Waals surface area contributed by atoms with Crippen LogP contribution in [0.1, 0.15) is 23.2 Å². The molecular weight excluding hydrogens is 246 g/mol. The van der Waals surface area contributed by atoms with Gasteiger partial charge in [0.25, 0.3) is 5.91 Å². The number of carbonyl (C=O) groups is 1. The lowest BCUT2D eigenvalue weighted by Crippen LogP contribution is -2.35. The lowest BCUT2D eigenvalue weighted by Gasteiger charge is -2.25. The van der Waals surface area contributed by atoms with E-state index in [1.54, 1.807) is 24.3 Å². The zero-order valence-electron chi connectivity index (χ0n) is 10.3. The highest BCUT2D eigenvalue weighted by Crippen LogP contribution is 2.13. The van der Waals surface area contributed by atoms with Gasteiger partial charge in [-0.3, -0.25) is 9.63 Å². The maximum absolute atomic E-state index is 12.2. The molecule has 3 rings (SSSR count). The van der Waals surface area contributed by atoms with Crippen LogP contribution in [0.2, 0.25) is 0 Å². The predicted molar refractivity (Wildman–Crippen MR) is 65.4 cm³/mol. The molecule has 7 nitrogen and oxygen atoms in total. The lowest BCUT2D eigenvalue weighted by molar-refractivity contribution is -0.144. The molecule has 1 aromatic carbocycles. The van der Waals surface area contributed by atoms with Crippen molar-refractivity contribution in [2.75, 3.05) is 13.2 Å². The van der Waals surface area contributed by atoms with Gasteiger partial charge in [0.15, 0.2) is 0 Å². The highest BCUT2D eigenvalue weighted by molar-refractivity contribution is 5.93. The van der Waals surface area contributed by atoms with Crippen molar-refractivity contribution in [1.29, 1.82) is 0 Å². The first-order valence-electron chi connectivity index (χ1n) is 6.13. The zero-order chi connectivity index (χ0) is 13.1. The summed E-state index contributed by atoms with van der Waals surface area (Å²) in [7, 11) is 0. The molecule has 0 bridgehead atoms. The van der Waals surface area contributed by atoms with E-state index in [0.717, 1.165) is 18.5 Å². The topological polar surface area (TPSA) is 73.1 Å². The van der Waals surface area contributed by atoms with Gasteiger partial charge < -0.3 is 0 Å². The molecule has 0 radical (unpaired) electrons. The molecule has 0 N–H and O–H groups in total. The second-order valence-corrected chi connectivity index (χ2v) is 4.25. The van der Waals surface area contributed by atoms with Gasteiger partial charge in [0, 0.05) is 12.1 Å². The van der Waals surface area contributed by atoms with Crippen molar-refractivity contribution < 1.29 is 9.63 Å². The van der Waals surface area contributed by atoms with E-state index >= 15 is 0 Å². The standard InChI is InChI=1S/C12H13N5O2/c18-12(17-7-1-2-8-19-17)10-3-5-11(6-4-10)16-9-13-14-15-16/h3-6,9H,1-2,7-8H2. The van der Waals surface area contributed by atoms with E-state index in [9.17, 15) is 4.79 Å². The van der Waals surface area contributed by atoms with E-state index in [0.29, 0.717) is 18.7 Å². The summed E-state index contributed by atoms with van der Waals surface area (Å²) < 4.78 is 1.53. The third-order valence-electron chi connectivity index (χ3n) is 2.96. The minimum atomic E-state index is -0.108. The SMILES string of the molecule is O=C(c1ccc(-n2cnnn2)cc1)N1CCCCO1. The van der Waals surface area contributed by atoms with E-state index < -0.39 is 0 Å². The first kappa shape index (κ1) is 11.8. The van der Waals surface area contributed by atoms with Crippen LogP contribution in [0.4, 0.5) is 0 Å². The Labute approximate surface area is 109 Å². The molecule has 0 atom stereocenters. The van der Waals surface area contributed by atoms with Crippen LogP contribution in [0, 0.1) is 0 Å². The summed E-state index contributed by atoms with van der Waals surface area (Å²) in [4.78, 5) is 17.5. The van der Waals surface area contributed by atoms with Crippen LogP contribution in [0.3, 0.4) is 0 Å². The van der Waals surface area contributed by atoms with Gasteiger partial charge in [-0.25, -0.2) is 9.75 Å². The van der Waals surface area contributed by atoms with Gasteiger partial charge in [-0.2, -0.15) is 0 Å². The molecule has 0 spiro atoms. The number of benzene rings is 1.